The van der Waals surface area contributed by atoms with Crippen LogP contribution in [0.3, 0.4) is 0 Å². The van der Waals surface area contributed by atoms with Gasteiger partial charge in [-0.25, -0.2) is 0 Å². The van der Waals surface area contributed by atoms with E-state index in [-0.39, 0.29) is 17.9 Å². The maximum absolute atomic E-state index is 11.5. The molecule has 3 heteroatoms. The van der Waals surface area contributed by atoms with Crippen LogP contribution in [0.2, 0.25) is 0 Å². The molecule has 4 unspecified atom stereocenters. The maximum Gasteiger partial charge on any atom is 0.206 e. The molecule has 2 aliphatic carbocycles. The van der Waals surface area contributed by atoms with Gasteiger partial charge < -0.3 is 5.73 Å². The van der Waals surface area contributed by atoms with Gasteiger partial charge in [0.2, 0.25) is 12.6 Å². The molecule has 0 aliphatic heterocycles. The molecule has 0 saturated heterocycles. The van der Waals surface area contributed by atoms with Crippen molar-refractivity contribution >= 4 is 12.6 Å². The first-order valence-corrected chi connectivity index (χ1v) is 6.58. The average Bonchev–Trinajstić information content (AvgIpc) is 2.92. The molecule has 2 fully saturated rings. The minimum atomic E-state index is -0.649. The number of rotatable bonds is 4. The molecule has 0 amide bonds. The standard InChI is InChI=1S/C14H21NO2/c1-10(15)13(2)12(8-16)14(13,9-17)11-6-4-3-5-7-11/h10-12H,3-7,15H2,1-2H3. The summed E-state index contributed by atoms with van der Waals surface area (Å²) in [6.45, 7) is 3.83. The topological polar surface area (TPSA) is 60.2 Å². The summed E-state index contributed by atoms with van der Waals surface area (Å²) in [6.07, 6.45) is 9.83. The van der Waals surface area contributed by atoms with Gasteiger partial charge in [0.25, 0.3) is 0 Å². The molecule has 0 aromatic carbocycles. The minimum Gasteiger partial charge on any atom is -0.327 e. The molecule has 4 atom stereocenters. The summed E-state index contributed by atoms with van der Waals surface area (Å²) in [6, 6.07) is -0.169. The average molecular weight is 235 g/mol. The predicted molar refractivity (Wildman–Crippen MR) is 65.6 cm³/mol. The van der Waals surface area contributed by atoms with E-state index in [4.69, 9.17) is 5.73 Å². The van der Waals surface area contributed by atoms with Gasteiger partial charge in [0.15, 0.2) is 0 Å². The molecule has 0 bridgehead atoms. The van der Waals surface area contributed by atoms with Gasteiger partial charge in [-0.05, 0) is 25.7 Å². The molecule has 17 heavy (non-hydrogen) atoms. The molecule has 0 spiro atoms. The second kappa shape index (κ2) is 4.20. The van der Waals surface area contributed by atoms with Crippen LogP contribution in [0.15, 0.2) is 0 Å². The first-order valence-electron chi connectivity index (χ1n) is 6.58. The lowest BCUT2D eigenvalue weighted by Crippen LogP contribution is -2.35. The molecule has 0 aromatic rings. The van der Waals surface area contributed by atoms with E-state index in [1.165, 1.54) is 6.42 Å². The summed E-state index contributed by atoms with van der Waals surface area (Å²) in [7, 11) is 0. The van der Waals surface area contributed by atoms with Crippen LogP contribution in [0.25, 0.3) is 0 Å². The Bertz CT molecular complexity index is 322. The zero-order valence-electron chi connectivity index (χ0n) is 10.7. The van der Waals surface area contributed by atoms with E-state index in [1.807, 2.05) is 13.8 Å². The highest BCUT2D eigenvalue weighted by Gasteiger charge is 2.78. The van der Waals surface area contributed by atoms with E-state index in [0.29, 0.717) is 0 Å². The van der Waals surface area contributed by atoms with E-state index in [1.54, 1.807) is 0 Å². The lowest BCUT2D eigenvalue weighted by atomic mass is 9.73. The Labute approximate surface area is 103 Å². The lowest BCUT2D eigenvalue weighted by Gasteiger charge is -2.31. The van der Waals surface area contributed by atoms with Crippen molar-refractivity contribution in [1.29, 1.82) is 0 Å². The quantitative estimate of drug-likeness (QED) is 0.807. The molecule has 0 heterocycles. The van der Waals surface area contributed by atoms with E-state index in [2.05, 4.69) is 12.6 Å². The molecule has 2 radical (unpaired) electrons. The highest BCUT2D eigenvalue weighted by Crippen LogP contribution is 2.73. The molecule has 94 valence electrons. The first-order chi connectivity index (χ1) is 8.05. The predicted octanol–water partition coefficient (Wildman–Crippen LogP) is 1.76. The fraction of sp³-hybridized carbons (Fsp3) is 0.857. The number of carbonyl (C=O) groups excluding carboxylic acids is 2. The third-order valence-corrected chi connectivity index (χ3v) is 5.34. The van der Waals surface area contributed by atoms with Crippen molar-refractivity contribution in [3.8, 4) is 0 Å². The Kier molecular flexibility index (Phi) is 3.15. The molecule has 2 aliphatic rings. The van der Waals surface area contributed by atoms with Crippen LogP contribution >= 0.6 is 0 Å². The zero-order valence-corrected chi connectivity index (χ0v) is 10.7. The highest BCUT2D eigenvalue weighted by molar-refractivity contribution is 5.81. The van der Waals surface area contributed by atoms with Crippen molar-refractivity contribution < 1.29 is 9.59 Å². The number of nitrogens with two attached hydrogens (primary N) is 1. The van der Waals surface area contributed by atoms with Crippen LogP contribution in [0.5, 0.6) is 0 Å². The largest absolute Gasteiger partial charge is 0.327 e. The molecular weight excluding hydrogens is 214 g/mol. The second-order valence-corrected chi connectivity index (χ2v) is 5.93. The Hall–Kier alpha value is -0.700. The molecule has 2 N–H and O–H groups in total. The Morgan fingerprint density at radius 2 is 1.82 bits per heavy atom. The van der Waals surface area contributed by atoms with Crippen molar-refractivity contribution in [2.75, 3.05) is 0 Å². The Morgan fingerprint density at radius 3 is 2.18 bits per heavy atom. The van der Waals surface area contributed by atoms with Gasteiger partial charge in [-0.2, -0.15) is 0 Å². The van der Waals surface area contributed by atoms with Crippen LogP contribution < -0.4 is 5.73 Å². The van der Waals surface area contributed by atoms with Crippen LogP contribution in [-0.4, -0.2) is 18.6 Å². The van der Waals surface area contributed by atoms with Crippen LogP contribution in [0.1, 0.15) is 46.0 Å². The molecule has 0 aromatic heterocycles. The summed E-state index contributed by atoms with van der Waals surface area (Å²) >= 11 is 0. The van der Waals surface area contributed by atoms with Crippen LogP contribution in [0, 0.1) is 22.7 Å². The van der Waals surface area contributed by atoms with Crippen molar-refractivity contribution in [2.45, 2.75) is 52.0 Å². The lowest BCUT2D eigenvalue weighted by molar-refractivity contribution is 0.220. The summed E-state index contributed by atoms with van der Waals surface area (Å²) in [5, 5.41) is 0. The summed E-state index contributed by atoms with van der Waals surface area (Å²) in [5.74, 6) is -0.0770. The van der Waals surface area contributed by atoms with Gasteiger partial charge in [0, 0.05) is 17.4 Å². The van der Waals surface area contributed by atoms with Gasteiger partial charge in [-0.3, -0.25) is 9.59 Å². The van der Waals surface area contributed by atoms with Gasteiger partial charge in [0.05, 0.1) is 5.41 Å². The Balaban J connectivity index is 2.31. The fourth-order valence-corrected chi connectivity index (χ4v) is 4.01. The third kappa shape index (κ3) is 1.44. The van der Waals surface area contributed by atoms with Crippen LogP contribution in [0.4, 0.5) is 0 Å². The third-order valence-electron chi connectivity index (χ3n) is 5.34. The van der Waals surface area contributed by atoms with Crippen molar-refractivity contribution in [3.63, 3.8) is 0 Å². The van der Waals surface area contributed by atoms with Gasteiger partial charge in [0.1, 0.15) is 0 Å². The summed E-state index contributed by atoms with van der Waals surface area (Å²) in [5.41, 5.74) is 4.92. The fourth-order valence-electron chi connectivity index (χ4n) is 4.01. The summed E-state index contributed by atoms with van der Waals surface area (Å²) < 4.78 is 0. The molecule has 2 rings (SSSR count). The normalized spacial score (nSPS) is 44.1. The van der Waals surface area contributed by atoms with E-state index in [0.717, 1.165) is 25.7 Å². The Morgan fingerprint density at radius 1 is 1.24 bits per heavy atom. The van der Waals surface area contributed by atoms with Gasteiger partial charge in [-0.15, -0.1) is 0 Å². The number of hydrogen-bond donors (Lipinski definition) is 1. The molecule has 3 nitrogen and oxygen atoms in total. The smallest absolute Gasteiger partial charge is 0.206 e. The van der Waals surface area contributed by atoms with Gasteiger partial charge >= 0.3 is 0 Å². The van der Waals surface area contributed by atoms with E-state index in [9.17, 15) is 9.59 Å². The first kappa shape index (κ1) is 12.7. The van der Waals surface area contributed by atoms with Crippen molar-refractivity contribution in [1.82, 2.24) is 0 Å². The number of hydrogen-bond acceptors (Lipinski definition) is 3. The second-order valence-electron chi connectivity index (χ2n) is 5.93. The highest BCUT2D eigenvalue weighted by atomic mass is 16.1. The van der Waals surface area contributed by atoms with Crippen LogP contribution in [-0.2, 0) is 9.59 Å². The maximum atomic E-state index is 11.5. The monoisotopic (exact) mass is 235 g/mol. The van der Waals surface area contributed by atoms with E-state index < -0.39 is 10.8 Å². The molecule has 2 saturated carbocycles. The molecular formula is C14H21NO2. The minimum absolute atomic E-state index is 0.169. The SMILES string of the molecule is CC(N)C1(C)C([C]=O)C1([C]=O)C1CCCCC1. The van der Waals surface area contributed by atoms with Gasteiger partial charge in [-0.1, -0.05) is 26.2 Å². The summed E-state index contributed by atoms with van der Waals surface area (Å²) in [4.78, 5) is 22.7. The van der Waals surface area contributed by atoms with E-state index >= 15 is 0 Å². The van der Waals surface area contributed by atoms with Crippen molar-refractivity contribution in [2.24, 2.45) is 28.4 Å². The van der Waals surface area contributed by atoms with Crippen molar-refractivity contribution in [3.05, 3.63) is 0 Å². The zero-order chi connectivity index (χ0) is 12.7.